The quantitative estimate of drug-likeness (QED) is 0.469. The number of ether oxygens (including phenoxy) is 1. The zero-order valence-electron chi connectivity index (χ0n) is 20.9. The predicted octanol–water partition coefficient (Wildman–Crippen LogP) is 2.68. The fourth-order valence-electron chi connectivity index (χ4n) is 4.90. The van der Waals surface area contributed by atoms with E-state index in [2.05, 4.69) is 25.8 Å². The van der Waals surface area contributed by atoms with Gasteiger partial charge in [-0.25, -0.2) is 4.98 Å². The maximum Gasteiger partial charge on any atom is 0.251 e. The molecule has 0 bridgehead atoms. The number of amides is 2. The average Bonchev–Trinajstić information content (AvgIpc) is 3.40. The Labute approximate surface area is 206 Å². The summed E-state index contributed by atoms with van der Waals surface area (Å²) in [5, 5.41) is 9.11. The second kappa shape index (κ2) is 10.9. The standard InChI is InChI=1S/C25H35N7O3/c1-5-19-24(34)31(3)20-15-28-25(30-22(20)32(19)17-8-6-7-9-17)29-18-11-10-16(14-21(18)35-4)23(33)27-13-12-26-2/h10-11,14-15,17,19,26H,5-9,12-13H2,1-4H3,(H,27,33)(H,28,29,30)/t19-/m1/s1. The maximum absolute atomic E-state index is 13.1. The van der Waals surface area contributed by atoms with Crippen LogP contribution in [0.15, 0.2) is 24.4 Å². The second-order valence-electron chi connectivity index (χ2n) is 8.97. The minimum Gasteiger partial charge on any atom is -0.495 e. The third-order valence-electron chi connectivity index (χ3n) is 6.78. The summed E-state index contributed by atoms with van der Waals surface area (Å²) in [5.74, 6) is 1.62. The number of carbonyl (C=O) groups is 2. The van der Waals surface area contributed by atoms with E-state index in [-0.39, 0.29) is 17.9 Å². The Morgan fingerprint density at radius 3 is 2.69 bits per heavy atom. The molecule has 188 valence electrons. The Hall–Kier alpha value is -3.40. The molecule has 4 rings (SSSR count). The minimum atomic E-state index is -0.228. The smallest absolute Gasteiger partial charge is 0.251 e. The zero-order chi connectivity index (χ0) is 24.9. The van der Waals surface area contributed by atoms with Crippen LogP contribution >= 0.6 is 0 Å². The normalized spacial score (nSPS) is 17.9. The Morgan fingerprint density at radius 1 is 1.23 bits per heavy atom. The maximum atomic E-state index is 13.1. The van der Waals surface area contributed by atoms with Crippen LogP contribution in [0.4, 0.5) is 23.1 Å². The predicted molar refractivity (Wildman–Crippen MR) is 137 cm³/mol. The summed E-state index contributed by atoms with van der Waals surface area (Å²) in [6, 6.07) is 5.29. The van der Waals surface area contributed by atoms with Crippen molar-refractivity contribution in [3.8, 4) is 5.75 Å². The molecule has 2 aliphatic rings. The highest BCUT2D eigenvalue weighted by Crippen LogP contribution is 2.40. The van der Waals surface area contributed by atoms with Crippen molar-refractivity contribution in [2.24, 2.45) is 0 Å². The van der Waals surface area contributed by atoms with Crippen LogP contribution in [0.2, 0.25) is 0 Å². The molecular weight excluding hydrogens is 446 g/mol. The Balaban J connectivity index is 1.62. The van der Waals surface area contributed by atoms with Crippen LogP contribution in [0, 0.1) is 0 Å². The first kappa shape index (κ1) is 24.7. The van der Waals surface area contributed by atoms with Crippen LogP contribution in [-0.2, 0) is 4.79 Å². The lowest BCUT2D eigenvalue weighted by atomic mass is 10.0. The molecule has 1 aliphatic carbocycles. The summed E-state index contributed by atoms with van der Waals surface area (Å²) in [4.78, 5) is 38.7. The third-order valence-corrected chi connectivity index (χ3v) is 6.78. The molecule has 1 saturated carbocycles. The van der Waals surface area contributed by atoms with Crippen LogP contribution in [0.25, 0.3) is 0 Å². The van der Waals surface area contributed by atoms with Gasteiger partial charge in [0.2, 0.25) is 11.9 Å². The lowest BCUT2D eigenvalue weighted by molar-refractivity contribution is -0.120. The molecule has 0 unspecified atom stereocenters. The molecule has 2 heterocycles. The first-order chi connectivity index (χ1) is 17.0. The van der Waals surface area contributed by atoms with E-state index in [0.717, 1.165) is 30.8 Å². The van der Waals surface area contributed by atoms with Crippen molar-refractivity contribution >= 4 is 35.0 Å². The van der Waals surface area contributed by atoms with E-state index >= 15 is 0 Å². The molecule has 1 fully saturated rings. The molecule has 0 saturated heterocycles. The van der Waals surface area contributed by atoms with Gasteiger partial charge in [-0.1, -0.05) is 19.8 Å². The molecule has 1 aromatic heterocycles. The molecule has 10 nitrogen and oxygen atoms in total. The van der Waals surface area contributed by atoms with E-state index in [1.807, 2.05) is 14.0 Å². The van der Waals surface area contributed by atoms with Crippen molar-refractivity contribution in [2.45, 2.75) is 51.1 Å². The first-order valence-corrected chi connectivity index (χ1v) is 12.3. The average molecular weight is 482 g/mol. The van der Waals surface area contributed by atoms with Gasteiger partial charge in [-0.05, 0) is 44.5 Å². The van der Waals surface area contributed by atoms with Gasteiger partial charge in [0.25, 0.3) is 5.91 Å². The summed E-state index contributed by atoms with van der Waals surface area (Å²) in [5.41, 5.74) is 1.88. The SMILES string of the molecule is CC[C@@H]1C(=O)N(C)c2cnc(Nc3ccc(C(=O)NCCNC)cc3OC)nc2N1C1CCCC1. The Kier molecular flexibility index (Phi) is 7.70. The van der Waals surface area contributed by atoms with Crippen LogP contribution in [-0.4, -0.2) is 68.2 Å². The summed E-state index contributed by atoms with van der Waals surface area (Å²) in [6.45, 7) is 3.27. The van der Waals surface area contributed by atoms with E-state index in [4.69, 9.17) is 9.72 Å². The summed E-state index contributed by atoms with van der Waals surface area (Å²) >= 11 is 0. The van der Waals surface area contributed by atoms with Crippen LogP contribution in [0.1, 0.15) is 49.4 Å². The molecule has 10 heteroatoms. The molecule has 2 amide bonds. The number of methoxy groups -OCH3 is 1. The van der Waals surface area contributed by atoms with Gasteiger partial charge in [-0.3, -0.25) is 9.59 Å². The van der Waals surface area contributed by atoms with Gasteiger partial charge in [0.15, 0.2) is 5.82 Å². The molecule has 0 spiro atoms. The van der Waals surface area contributed by atoms with Gasteiger partial charge in [-0.15, -0.1) is 0 Å². The van der Waals surface area contributed by atoms with Gasteiger partial charge in [0, 0.05) is 31.7 Å². The number of benzene rings is 1. The van der Waals surface area contributed by atoms with Gasteiger partial charge < -0.3 is 30.5 Å². The monoisotopic (exact) mass is 481 g/mol. The minimum absolute atomic E-state index is 0.0847. The number of anilines is 4. The van der Waals surface area contributed by atoms with Gasteiger partial charge >= 0.3 is 0 Å². The lowest BCUT2D eigenvalue weighted by Gasteiger charge is -2.43. The second-order valence-corrected chi connectivity index (χ2v) is 8.97. The number of hydrogen-bond acceptors (Lipinski definition) is 8. The molecular formula is C25H35N7O3. The molecule has 35 heavy (non-hydrogen) atoms. The first-order valence-electron chi connectivity index (χ1n) is 12.3. The number of nitrogens with one attached hydrogen (secondary N) is 3. The topological polar surface area (TPSA) is 112 Å². The van der Waals surface area contributed by atoms with Crippen molar-refractivity contribution in [1.29, 1.82) is 0 Å². The molecule has 1 atom stereocenters. The number of fused-ring (bicyclic) bond motifs is 1. The number of nitrogens with zero attached hydrogens (tertiary/aromatic N) is 4. The van der Waals surface area contributed by atoms with E-state index in [1.165, 1.54) is 12.8 Å². The highest BCUT2D eigenvalue weighted by Gasteiger charge is 2.41. The number of rotatable bonds is 9. The fourth-order valence-corrected chi connectivity index (χ4v) is 4.90. The molecule has 1 aromatic carbocycles. The number of likely N-dealkylation sites (N-methyl/N-ethyl adjacent to an activating group) is 2. The number of aromatic nitrogens is 2. The lowest BCUT2D eigenvalue weighted by Crippen LogP contribution is -2.55. The third kappa shape index (κ3) is 5.02. The van der Waals surface area contributed by atoms with Crippen LogP contribution in [0.5, 0.6) is 5.75 Å². The van der Waals surface area contributed by atoms with Crippen LogP contribution in [0.3, 0.4) is 0 Å². The van der Waals surface area contributed by atoms with Crippen molar-refractivity contribution in [2.75, 3.05) is 49.4 Å². The van der Waals surface area contributed by atoms with Crippen molar-refractivity contribution in [3.63, 3.8) is 0 Å². The molecule has 0 radical (unpaired) electrons. The summed E-state index contributed by atoms with van der Waals surface area (Å²) in [6.07, 6.45) is 6.87. The Morgan fingerprint density at radius 2 is 2.00 bits per heavy atom. The van der Waals surface area contributed by atoms with Crippen molar-refractivity contribution < 1.29 is 14.3 Å². The van der Waals surface area contributed by atoms with E-state index < -0.39 is 0 Å². The van der Waals surface area contributed by atoms with E-state index in [0.29, 0.717) is 42.1 Å². The largest absolute Gasteiger partial charge is 0.495 e. The fraction of sp³-hybridized carbons (Fsp3) is 0.520. The number of hydrogen-bond donors (Lipinski definition) is 3. The molecule has 3 N–H and O–H groups in total. The van der Waals surface area contributed by atoms with Gasteiger partial charge in [-0.2, -0.15) is 4.98 Å². The van der Waals surface area contributed by atoms with Gasteiger partial charge in [0.05, 0.1) is 19.0 Å². The summed E-state index contributed by atoms with van der Waals surface area (Å²) in [7, 11) is 5.19. The van der Waals surface area contributed by atoms with E-state index in [1.54, 1.807) is 43.5 Å². The zero-order valence-corrected chi connectivity index (χ0v) is 20.9. The van der Waals surface area contributed by atoms with Crippen molar-refractivity contribution in [3.05, 3.63) is 30.0 Å². The van der Waals surface area contributed by atoms with E-state index in [9.17, 15) is 9.59 Å². The highest BCUT2D eigenvalue weighted by atomic mass is 16.5. The molecule has 2 aromatic rings. The summed E-state index contributed by atoms with van der Waals surface area (Å²) < 4.78 is 5.54. The van der Waals surface area contributed by atoms with Crippen LogP contribution < -0.4 is 30.5 Å². The highest BCUT2D eigenvalue weighted by molar-refractivity contribution is 6.04. The molecule has 1 aliphatic heterocycles. The van der Waals surface area contributed by atoms with Crippen molar-refractivity contribution in [1.82, 2.24) is 20.6 Å². The van der Waals surface area contributed by atoms with Gasteiger partial charge in [0.1, 0.15) is 17.5 Å². The Bertz CT molecular complexity index is 1070. The number of carbonyl (C=O) groups excluding carboxylic acids is 2.